The van der Waals surface area contributed by atoms with Gasteiger partial charge >= 0.3 is 0 Å². The molecule has 1 atom stereocenters. The van der Waals surface area contributed by atoms with Crippen LogP contribution in [0.1, 0.15) is 49.8 Å². The Hall–Kier alpha value is -3.94. The maximum atomic E-state index is 13.5. The average Bonchev–Trinajstić information content (AvgIpc) is 3.50. The number of thiazole rings is 1. The second kappa shape index (κ2) is 12.5. The molecular formula is C32H29ClN2O4S. The topological polar surface area (TPSA) is 79.7 Å². The molecule has 2 heterocycles. The van der Waals surface area contributed by atoms with E-state index >= 15 is 0 Å². The van der Waals surface area contributed by atoms with Crippen molar-refractivity contribution in [1.82, 2.24) is 4.98 Å². The Labute approximate surface area is 242 Å². The van der Waals surface area contributed by atoms with Crippen LogP contribution in [0.25, 0.3) is 16.3 Å². The van der Waals surface area contributed by atoms with E-state index in [1.165, 1.54) is 28.7 Å². The van der Waals surface area contributed by atoms with Gasteiger partial charge in [-0.3, -0.25) is 14.5 Å². The van der Waals surface area contributed by atoms with Crippen molar-refractivity contribution in [3.8, 4) is 5.75 Å². The van der Waals surface area contributed by atoms with Gasteiger partial charge in [0, 0.05) is 5.02 Å². The van der Waals surface area contributed by atoms with Gasteiger partial charge in [0.05, 0.1) is 28.4 Å². The van der Waals surface area contributed by atoms with Gasteiger partial charge in [0.1, 0.15) is 5.75 Å². The molecule has 4 aromatic rings. The van der Waals surface area contributed by atoms with Crippen LogP contribution in [-0.4, -0.2) is 28.4 Å². The van der Waals surface area contributed by atoms with Gasteiger partial charge in [-0.25, -0.2) is 4.98 Å². The third-order valence-corrected chi connectivity index (χ3v) is 7.96. The second-order valence-electron chi connectivity index (χ2n) is 9.53. The van der Waals surface area contributed by atoms with Crippen LogP contribution in [0, 0.1) is 0 Å². The Balaban J connectivity index is 1.49. The molecule has 5 rings (SSSR count). The first-order valence-electron chi connectivity index (χ1n) is 13.3. The van der Waals surface area contributed by atoms with Crippen LogP contribution in [0.15, 0.2) is 90.2 Å². The number of hydrogen-bond acceptors (Lipinski definition) is 6. The van der Waals surface area contributed by atoms with E-state index in [0.717, 1.165) is 29.5 Å². The third-order valence-electron chi connectivity index (χ3n) is 6.71. The number of aromatic nitrogens is 1. The number of carbonyl (C=O) groups excluding carboxylic acids is 2. The van der Waals surface area contributed by atoms with Crippen molar-refractivity contribution < 1.29 is 19.4 Å². The van der Waals surface area contributed by atoms with Crippen LogP contribution in [0.2, 0.25) is 5.02 Å². The first-order chi connectivity index (χ1) is 19.5. The first kappa shape index (κ1) is 27.6. The number of nitrogens with zero attached hydrogens (tertiary/aromatic N) is 2. The van der Waals surface area contributed by atoms with E-state index in [0.29, 0.717) is 33.6 Å². The summed E-state index contributed by atoms with van der Waals surface area (Å²) in [5, 5.41) is 11.9. The number of rotatable bonds is 11. The monoisotopic (exact) mass is 572 g/mol. The van der Waals surface area contributed by atoms with Gasteiger partial charge in [-0.2, -0.15) is 0 Å². The summed E-state index contributed by atoms with van der Waals surface area (Å²) < 4.78 is 6.69. The van der Waals surface area contributed by atoms with Crippen molar-refractivity contribution in [1.29, 1.82) is 0 Å². The molecule has 0 bridgehead atoms. The van der Waals surface area contributed by atoms with Gasteiger partial charge in [-0.05, 0) is 54.0 Å². The molecule has 40 heavy (non-hydrogen) atoms. The number of anilines is 1. The fourth-order valence-electron chi connectivity index (χ4n) is 4.65. The minimum Gasteiger partial charge on any atom is -0.503 e. The number of aliphatic hydroxyl groups is 1. The SMILES string of the molecule is CCCCCCOc1ccc(C2C(C(=O)C=Cc3ccccc3)=C(O)C(=O)N2c2nc3ccc(Cl)cc3s2)cc1. The zero-order valence-corrected chi connectivity index (χ0v) is 23.6. The molecule has 1 aromatic heterocycles. The summed E-state index contributed by atoms with van der Waals surface area (Å²) in [6.07, 6.45) is 7.49. The summed E-state index contributed by atoms with van der Waals surface area (Å²) in [4.78, 5) is 33.0. The molecule has 1 aliphatic rings. The van der Waals surface area contributed by atoms with Crippen LogP contribution >= 0.6 is 22.9 Å². The van der Waals surface area contributed by atoms with E-state index in [-0.39, 0.29) is 5.57 Å². The highest BCUT2D eigenvalue weighted by atomic mass is 35.5. The van der Waals surface area contributed by atoms with E-state index in [1.54, 1.807) is 24.3 Å². The molecule has 1 aliphatic heterocycles. The van der Waals surface area contributed by atoms with Gasteiger partial charge in [0.25, 0.3) is 5.91 Å². The number of ether oxygens (including phenoxy) is 1. The third kappa shape index (κ3) is 5.96. The highest BCUT2D eigenvalue weighted by Crippen LogP contribution is 2.44. The van der Waals surface area contributed by atoms with Gasteiger partial charge in [0.2, 0.25) is 0 Å². The fourth-order valence-corrected chi connectivity index (χ4v) is 5.92. The number of carbonyl (C=O) groups is 2. The Morgan fingerprint density at radius 3 is 2.60 bits per heavy atom. The predicted octanol–water partition coefficient (Wildman–Crippen LogP) is 8.09. The molecule has 1 amide bonds. The molecule has 0 saturated carbocycles. The minimum absolute atomic E-state index is 0.00250. The summed E-state index contributed by atoms with van der Waals surface area (Å²) >= 11 is 7.45. The second-order valence-corrected chi connectivity index (χ2v) is 11.0. The van der Waals surface area contributed by atoms with E-state index in [9.17, 15) is 14.7 Å². The van der Waals surface area contributed by atoms with Crippen molar-refractivity contribution in [3.05, 3.63) is 106 Å². The molecule has 1 unspecified atom stereocenters. The Kier molecular flexibility index (Phi) is 8.63. The highest BCUT2D eigenvalue weighted by Gasteiger charge is 2.45. The molecule has 0 spiro atoms. The van der Waals surface area contributed by atoms with Crippen molar-refractivity contribution in [3.63, 3.8) is 0 Å². The lowest BCUT2D eigenvalue weighted by Crippen LogP contribution is -2.30. The number of halogens is 1. The molecule has 0 radical (unpaired) electrons. The maximum absolute atomic E-state index is 13.5. The van der Waals surface area contributed by atoms with E-state index in [4.69, 9.17) is 16.3 Å². The van der Waals surface area contributed by atoms with Crippen molar-refractivity contribution in [2.24, 2.45) is 0 Å². The van der Waals surface area contributed by atoms with Crippen LogP contribution in [0.4, 0.5) is 5.13 Å². The number of amides is 1. The molecule has 6 nitrogen and oxygen atoms in total. The van der Waals surface area contributed by atoms with Gasteiger partial charge in [-0.1, -0.05) is 97.7 Å². The first-order valence-corrected chi connectivity index (χ1v) is 14.5. The zero-order valence-electron chi connectivity index (χ0n) is 22.0. The molecule has 3 aromatic carbocycles. The number of allylic oxidation sites excluding steroid dienone is 1. The Bertz CT molecular complexity index is 1580. The Morgan fingerprint density at radius 2 is 1.85 bits per heavy atom. The fraction of sp³-hybridized carbons (Fsp3) is 0.219. The highest BCUT2D eigenvalue weighted by molar-refractivity contribution is 7.22. The van der Waals surface area contributed by atoms with Crippen LogP contribution in [0.5, 0.6) is 5.75 Å². The number of fused-ring (bicyclic) bond motifs is 1. The number of unbranched alkanes of at least 4 members (excludes halogenated alkanes) is 3. The standard InChI is InChI=1S/C32H29ClN2O4S/c1-2-3-4-8-19-39-24-15-12-22(13-16-24)29-28(26(36)18-11-21-9-6-5-7-10-21)30(37)31(38)35(29)32-34-25-17-14-23(33)20-27(25)40-32/h5-7,9-18,20,29,37H,2-4,8,19H2,1H3. The maximum Gasteiger partial charge on any atom is 0.296 e. The van der Waals surface area contributed by atoms with Crippen molar-refractivity contribution in [2.75, 3.05) is 11.5 Å². The van der Waals surface area contributed by atoms with E-state index in [2.05, 4.69) is 11.9 Å². The molecule has 8 heteroatoms. The smallest absolute Gasteiger partial charge is 0.296 e. The molecule has 204 valence electrons. The molecule has 1 N–H and O–H groups in total. The normalized spacial score (nSPS) is 15.5. The summed E-state index contributed by atoms with van der Waals surface area (Å²) in [5.74, 6) is -1.01. The summed E-state index contributed by atoms with van der Waals surface area (Å²) in [7, 11) is 0. The van der Waals surface area contributed by atoms with E-state index < -0.39 is 23.5 Å². The number of ketones is 1. The molecule has 0 fully saturated rings. The predicted molar refractivity (Wildman–Crippen MR) is 161 cm³/mol. The van der Waals surface area contributed by atoms with Gasteiger partial charge in [-0.15, -0.1) is 0 Å². The van der Waals surface area contributed by atoms with E-state index in [1.807, 2.05) is 54.6 Å². The molecule has 0 aliphatic carbocycles. The van der Waals surface area contributed by atoms with Gasteiger partial charge < -0.3 is 9.84 Å². The summed E-state index contributed by atoms with van der Waals surface area (Å²) in [6.45, 7) is 2.79. The van der Waals surface area contributed by atoms with Crippen LogP contribution in [-0.2, 0) is 9.59 Å². The van der Waals surface area contributed by atoms with Gasteiger partial charge in [0.15, 0.2) is 16.7 Å². The lowest BCUT2D eigenvalue weighted by molar-refractivity contribution is -0.117. The quantitative estimate of drug-likeness (QED) is 0.145. The minimum atomic E-state index is -0.866. The lowest BCUT2D eigenvalue weighted by atomic mass is 9.95. The molecular weight excluding hydrogens is 544 g/mol. The molecule has 0 saturated heterocycles. The van der Waals surface area contributed by atoms with Crippen LogP contribution in [0.3, 0.4) is 0 Å². The lowest BCUT2D eigenvalue weighted by Gasteiger charge is -2.24. The number of benzene rings is 3. The van der Waals surface area contributed by atoms with Crippen molar-refractivity contribution >= 4 is 56.1 Å². The Morgan fingerprint density at radius 1 is 1.07 bits per heavy atom. The van der Waals surface area contributed by atoms with Crippen LogP contribution < -0.4 is 9.64 Å². The van der Waals surface area contributed by atoms with Crippen molar-refractivity contribution in [2.45, 2.75) is 38.6 Å². The largest absolute Gasteiger partial charge is 0.503 e. The summed E-state index contributed by atoms with van der Waals surface area (Å²) in [6, 6.07) is 21.1. The average molecular weight is 573 g/mol. The number of aliphatic hydroxyl groups excluding tert-OH is 1. The summed E-state index contributed by atoms with van der Waals surface area (Å²) in [5.41, 5.74) is 2.16. The number of hydrogen-bond donors (Lipinski definition) is 1. The zero-order chi connectivity index (χ0) is 28.1.